The molecule has 0 aliphatic heterocycles. The van der Waals surface area contributed by atoms with Gasteiger partial charge in [0, 0.05) is 5.92 Å². The minimum atomic E-state index is -4.39. The molecule has 0 radical (unpaired) electrons. The number of carbonyl (C=O) groups excluding carboxylic acids is 2. The number of aliphatic hydroxyl groups excluding tert-OH is 1. The van der Waals surface area contributed by atoms with E-state index < -0.39 is 88.5 Å². The molecule has 5 N–H and O–H groups in total. The third-order valence-corrected chi connectivity index (χ3v) is 5.62. The summed E-state index contributed by atoms with van der Waals surface area (Å²) in [6.45, 7) is 4.45. The van der Waals surface area contributed by atoms with Crippen LogP contribution in [0.2, 0.25) is 0 Å². The highest BCUT2D eigenvalue weighted by atomic mass is 32.2. The van der Waals surface area contributed by atoms with Crippen molar-refractivity contribution < 1.29 is 52.2 Å². The van der Waals surface area contributed by atoms with Crippen molar-refractivity contribution in [2.24, 2.45) is 23.7 Å². The number of hydrogen-bond donors (Lipinski definition) is 5. The van der Waals surface area contributed by atoms with Crippen LogP contribution >= 0.6 is 0 Å². The molecule has 0 rings (SSSR count). The Morgan fingerprint density at radius 1 is 0.968 bits per heavy atom. The van der Waals surface area contributed by atoms with Crippen molar-refractivity contribution >= 4 is 33.9 Å². The van der Waals surface area contributed by atoms with Gasteiger partial charge in [0.25, 0.3) is 10.1 Å². The fourth-order valence-corrected chi connectivity index (χ4v) is 4.02. The van der Waals surface area contributed by atoms with E-state index in [1.807, 2.05) is 0 Å². The number of carboxylic acid groups (broad SMARTS) is 2. The number of hydrogen-bond acceptors (Lipinski definition) is 8. The second-order valence-corrected chi connectivity index (χ2v) is 9.61. The van der Waals surface area contributed by atoms with Gasteiger partial charge in [-0.25, -0.2) is 0 Å². The molecular weight excluding hydrogens is 438 g/mol. The van der Waals surface area contributed by atoms with Crippen molar-refractivity contribution in [2.45, 2.75) is 46.1 Å². The summed E-state index contributed by atoms with van der Waals surface area (Å²) in [5, 5.41) is 29.9. The van der Waals surface area contributed by atoms with Crippen LogP contribution in [0.5, 0.6) is 0 Å². The summed E-state index contributed by atoms with van der Waals surface area (Å²) in [5.74, 6) is -10.1. The van der Waals surface area contributed by atoms with Gasteiger partial charge in [-0.05, 0) is 26.7 Å². The van der Waals surface area contributed by atoms with E-state index in [9.17, 15) is 32.7 Å². The molecule has 180 valence electrons. The van der Waals surface area contributed by atoms with Crippen LogP contribution in [0.1, 0.15) is 40.5 Å². The summed E-state index contributed by atoms with van der Waals surface area (Å²) in [4.78, 5) is 47.9. The van der Waals surface area contributed by atoms with Crippen LogP contribution in [0.25, 0.3) is 0 Å². The lowest BCUT2D eigenvalue weighted by molar-refractivity contribution is -0.161. The number of carboxylic acids is 2. The normalized spacial score (nSPS) is 15.9. The molecule has 0 aromatic heterocycles. The summed E-state index contributed by atoms with van der Waals surface area (Å²) >= 11 is 0. The predicted molar refractivity (Wildman–Crippen MR) is 106 cm³/mol. The summed E-state index contributed by atoms with van der Waals surface area (Å²) in [5.41, 5.74) is -1.35. The van der Waals surface area contributed by atoms with E-state index in [1.54, 1.807) is 0 Å². The molecule has 13 heteroatoms. The van der Waals surface area contributed by atoms with Crippen LogP contribution < -0.4 is 5.32 Å². The molecule has 0 aromatic carbocycles. The Morgan fingerprint density at radius 2 is 1.48 bits per heavy atom. The van der Waals surface area contributed by atoms with Crippen LogP contribution in [0.4, 0.5) is 0 Å². The maximum atomic E-state index is 12.5. The van der Waals surface area contributed by atoms with E-state index in [4.69, 9.17) is 19.5 Å². The number of ether oxygens (including phenoxy) is 1. The van der Waals surface area contributed by atoms with E-state index in [2.05, 4.69) is 5.32 Å². The van der Waals surface area contributed by atoms with Crippen molar-refractivity contribution in [1.82, 2.24) is 5.32 Å². The highest BCUT2D eigenvalue weighted by Crippen LogP contribution is 2.29. The van der Waals surface area contributed by atoms with Gasteiger partial charge in [-0.2, -0.15) is 8.42 Å². The molecule has 12 nitrogen and oxygen atoms in total. The van der Waals surface area contributed by atoms with Gasteiger partial charge in [-0.15, -0.1) is 0 Å². The zero-order valence-corrected chi connectivity index (χ0v) is 18.7. The van der Waals surface area contributed by atoms with Crippen molar-refractivity contribution in [3.05, 3.63) is 0 Å². The summed E-state index contributed by atoms with van der Waals surface area (Å²) in [7, 11) is -4.39. The molecule has 0 spiro atoms. The molecular formula is C18H31NO11S. The molecule has 0 saturated carbocycles. The topological polar surface area (TPSA) is 205 Å². The first-order valence-corrected chi connectivity index (χ1v) is 11.1. The van der Waals surface area contributed by atoms with Gasteiger partial charge in [0.1, 0.15) is 6.61 Å². The molecule has 0 heterocycles. The highest BCUT2D eigenvalue weighted by Gasteiger charge is 2.39. The minimum absolute atomic E-state index is 0.332. The Kier molecular flexibility index (Phi) is 11.1. The molecule has 0 aromatic rings. The third-order valence-electron chi connectivity index (χ3n) is 4.53. The average Bonchev–Trinajstić information content (AvgIpc) is 2.58. The number of nitrogens with one attached hydrogen (secondary N) is 1. The van der Waals surface area contributed by atoms with Gasteiger partial charge in [0.2, 0.25) is 5.91 Å². The standard InChI is InChI=1S/C18H31NO11S/c1-10(14(21)19-18(3,4)9-31(27,28)29)7-13(17(26)30-6-5-20)12(16(24)25)8-11(2)15(22)23/h10-13,20H,5-9H2,1-4H3,(H,19,21)(H,22,23)(H,24,25)(H,27,28,29). The van der Waals surface area contributed by atoms with Gasteiger partial charge in [0.15, 0.2) is 0 Å². The maximum absolute atomic E-state index is 12.5. The molecule has 0 bridgehead atoms. The molecule has 1 amide bonds. The zero-order chi connectivity index (χ0) is 24.6. The second-order valence-electron chi connectivity index (χ2n) is 8.15. The van der Waals surface area contributed by atoms with Crippen LogP contribution in [-0.4, -0.2) is 76.6 Å². The van der Waals surface area contributed by atoms with Crippen LogP contribution in [0.3, 0.4) is 0 Å². The second kappa shape index (κ2) is 12.0. The first kappa shape index (κ1) is 28.8. The Bertz CT molecular complexity index is 762. The lowest BCUT2D eigenvalue weighted by atomic mass is 9.79. The van der Waals surface area contributed by atoms with E-state index in [1.165, 1.54) is 27.7 Å². The van der Waals surface area contributed by atoms with Gasteiger partial charge < -0.3 is 25.4 Å². The SMILES string of the molecule is CC(CC(C(=O)O)C(CC(C)C(=O)NC(C)(C)CS(=O)(=O)O)C(=O)OCCO)C(=O)O. The third kappa shape index (κ3) is 11.1. The number of rotatable bonds is 14. The fraction of sp³-hybridized carbons (Fsp3) is 0.778. The number of aliphatic hydroxyl groups is 1. The van der Waals surface area contributed by atoms with E-state index >= 15 is 0 Å². The molecule has 0 fully saturated rings. The monoisotopic (exact) mass is 469 g/mol. The molecule has 0 aliphatic carbocycles. The fourth-order valence-electron chi connectivity index (χ4n) is 3.03. The van der Waals surface area contributed by atoms with E-state index in [-0.39, 0.29) is 6.42 Å². The summed E-state index contributed by atoms with van der Waals surface area (Å²) in [6.07, 6.45) is -0.729. The lowest BCUT2D eigenvalue weighted by Crippen LogP contribution is -2.50. The highest BCUT2D eigenvalue weighted by molar-refractivity contribution is 7.85. The Labute approximate surface area is 180 Å². The van der Waals surface area contributed by atoms with E-state index in [0.29, 0.717) is 0 Å². The average molecular weight is 470 g/mol. The molecule has 0 aliphatic rings. The number of carbonyl (C=O) groups is 4. The molecule has 31 heavy (non-hydrogen) atoms. The van der Waals surface area contributed by atoms with E-state index in [0.717, 1.165) is 0 Å². The molecule has 4 unspecified atom stereocenters. The van der Waals surface area contributed by atoms with Gasteiger partial charge in [-0.3, -0.25) is 23.7 Å². The smallest absolute Gasteiger partial charge is 0.309 e. The number of esters is 1. The summed E-state index contributed by atoms with van der Waals surface area (Å²) < 4.78 is 36.0. The molecule has 4 atom stereocenters. The Morgan fingerprint density at radius 3 is 1.90 bits per heavy atom. The van der Waals surface area contributed by atoms with Crippen LogP contribution in [0, 0.1) is 23.7 Å². The number of amides is 1. The number of aliphatic carboxylic acids is 2. The molecule has 0 saturated heterocycles. The quantitative estimate of drug-likeness (QED) is 0.166. The predicted octanol–water partition coefficient (Wildman–Crippen LogP) is -0.241. The largest absolute Gasteiger partial charge is 0.481 e. The van der Waals surface area contributed by atoms with Crippen LogP contribution in [-0.2, 0) is 34.0 Å². The zero-order valence-electron chi connectivity index (χ0n) is 17.9. The van der Waals surface area contributed by atoms with Gasteiger partial charge in [0.05, 0.1) is 35.7 Å². The summed E-state index contributed by atoms with van der Waals surface area (Å²) in [6, 6.07) is 0. The first-order valence-electron chi connectivity index (χ1n) is 9.51. The van der Waals surface area contributed by atoms with Crippen molar-refractivity contribution in [3.63, 3.8) is 0 Å². The van der Waals surface area contributed by atoms with Crippen molar-refractivity contribution in [2.75, 3.05) is 19.0 Å². The van der Waals surface area contributed by atoms with Crippen LogP contribution in [0.15, 0.2) is 0 Å². The Balaban J connectivity index is 5.63. The first-order chi connectivity index (χ1) is 14.0. The Hall–Kier alpha value is -2.25. The lowest BCUT2D eigenvalue weighted by Gasteiger charge is -2.29. The van der Waals surface area contributed by atoms with Crippen molar-refractivity contribution in [3.8, 4) is 0 Å². The van der Waals surface area contributed by atoms with Gasteiger partial charge in [-0.1, -0.05) is 13.8 Å². The van der Waals surface area contributed by atoms with Crippen molar-refractivity contribution in [1.29, 1.82) is 0 Å². The van der Waals surface area contributed by atoms with Gasteiger partial charge >= 0.3 is 17.9 Å². The minimum Gasteiger partial charge on any atom is -0.481 e. The maximum Gasteiger partial charge on any atom is 0.309 e.